The summed E-state index contributed by atoms with van der Waals surface area (Å²) in [5.41, 5.74) is 6.66. The maximum Gasteiger partial charge on any atom is 0.207 e. The van der Waals surface area contributed by atoms with E-state index in [0.717, 1.165) is 0 Å². The molecule has 0 saturated carbocycles. The Morgan fingerprint density at radius 2 is 2.25 bits per heavy atom. The summed E-state index contributed by atoms with van der Waals surface area (Å²) in [4.78, 5) is 1.54. The van der Waals surface area contributed by atoms with Crippen molar-refractivity contribution in [1.29, 1.82) is 0 Å². The summed E-state index contributed by atoms with van der Waals surface area (Å²) < 4.78 is 19.9. The van der Waals surface area contributed by atoms with E-state index in [1.807, 2.05) is 0 Å². The van der Waals surface area contributed by atoms with Crippen LogP contribution in [0.3, 0.4) is 0 Å². The number of anilines is 1. The first-order chi connectivity index (χ1) is 7.58. The van der Waals surface area contributed by atoms with Gasteiger partial charge >= 0.3 is 0 Å². The Bertz CT molecular complexity index is 553. The van der Waals surface area contributed by atoms with Crippen LogP contribution in [0.1, 0.15) is 0 Å². The van der Waals surface area contributed by atoms with Gasteiger partial charge in [-0.1, -0.05) is 0 Å². The Morgan fingerprint density at radius 3 is 2.81 bits per heavy atom. The van der Waals surface area contributed by atoms with Gasteiger partial charge in [0.1, 0.15) is 0 Å². The zero-order valence-electron chi connectivity index (χ0n) is 8.36. The van der Waals surface area contributed by atoms with Crippen molar-refractivity contribution in [1.82, 2.24) is 20.2 Å². The van der Waals surface area contributed by atoms with Crippen LogP contribution in [0.2, 0.25) is 0 Å². The first-order valence-electron chi connectivity index (χ1n) is 4.32. The van der Waals surface area contributed by atoms with E-state index < -0.39 is 11.1 Å². The van der Waals surface area contributed by atoms with Gasteiger partial charge in [-0.2, -0.15) is 4.80 Å². The minimum atomic E-state index is -2.05. The van der Waals surface area contributed by atoms with E-state index in [0.29, 0.717) is 17.1 Å². The van der Waals surface area contributed by atoms with Crippen molar-refractivity contribution >= 4 is 16.8 Å². The first kappa shape index (κ1) is 10.7. The molecule has 0 spiro atoms. The Balaban J connectivity index is 2.55. The van der Waals surface area contributed by atoms with E-state index in [1.165, 1.54) is 23.0 Å². The molecule has 2 rings (SSSR count). The third kappa shape index (κ3) is 1.92. The van der Waals surface area contributed by atoms with Crippen LogP contribution in [0.4, 0.5) is 5.69 Å². The average molecular weight is 239 g/mol. The van der Waals surface area contributed by atoms with Gasteiger partial charge in [0.05, 0.1) is 11.9 Å². The fraction of sp³-hybridized carbons (Fsp3) is 0.125. The molecule has 1 heterocycles. The lowest BCUT2D eigenvalue weighted by Gasteiger charge is -2.02. The molecule has 0 aliphatic heterocycles. The van der Waals surface area contributed by atoms with Gasteiger partial charge in [-0.25, -0.2) is 4.21 Å². The van der Waals surface area contributed by atoms with Gasteiger partial charge in [0.2, 0.25) is 5.82 Å². The summed E-state index contributed by atoms with van der Waals surface area (Å²) in [6.07, 6.45) is 0. The minimum absolute atomic E-state index is 0.247. The third-order valence-electron chi connectivity index (χ3n) is 1.98. The number of hydrogen-bond acceptors (Lipinski definition) is 5. The van der Waals surface area contributed by atoms with E-state index >= 15 is 0 Å². The summed E-state index contributed by atoms with van der Waals surface area (Å²) in [7, 11) is 1.63. The van der Waals surface area contributed by atoms with Crippen molar-refractivity contribution in [2.24, 2.45) is 7.05 Å². The van der Waals surface area contributed by atoms with Crippen LogP contribution in [0.15, 0.2) is 23.1 Å². The van der Waals surface area contributed by atoms with Gasteiger partial charge in [0, 0.05) is 11.3 Å². The molecule has 84 valence electrons. The highest BCUT2D eigenvalue weighted by Gasteiger charge is 2.11. The molecule has 0 fully saturated rings. The van der Waals surface area contributed by atoms with Gasteiger partial charge in [-0.15, -0.1) is 10.2 Å². The van der Waals surface area contributed by atoms with Crippen LogP contribution in [0.5, 0.6) is 0 Å². The Morgan fingerprint density at radius 1 is 1.50 bits per heavy atom. The molecule has 16 heavy (non-hydrogen) atoms. The van der Waals surface area contributed by atoms with Gasteiger partial charge in [-0.3, -0.25) is 0 Å². The van der Waals surface area contributed by atoms with Crippen LogP contribution in [-0.4, -0.2) is 29.0 Å². The molecule has 0 aliphatic rings. The predicted molar refractivity (Wildman–Crippen MR) is 57.7 cm³/mol. The summed E-state index contributed by atoms with van der Waals surface area (Å²) in [6, 6.07) is 4.49. The molecule has 0 saturated heterocycles. The Kier molecular flexibility index (Phi) is 2.67. The normalized spacial score (nSPS) is 12.6. The van der Waals surface area contributed by atoms with Crippen LogP contribution in [0.25, 0.3) is 11.4 Å². The quantitative estimate of drug-likeness (QED) is 0.566. The molecule has 1 aromatic carbocycles. The number of tetrazole rings is 1. The SMILES string of the molecule is Cn1nnc(-c2cc(S(=O)O)ccc2N)n1. The van der Waals surface area contributed by atoms with Crippen molar-refractivity contribution in [2.75, 3.05) is 5.73 Å². The lowest BCUT2D eigenvalue weighted by atomic mass is 10.2. The number of nitrogens with two attached hydrogens (primary N) is 1. The molecule has 2 aromatic rings. The van der Waals surface area contributed by atoms with Crippen LogP contribution >= 0.6 is 0 Å². The zero-order valence-corrected chi connectivity index (χ0v) is 9.18. The van der Waals surface area contributed by atoms with Gasteiger partial charge in [-0.05, 0) is 23.4 Å². The molecule has 1 aromatic heterocycles. The van der Waals surface area contributed by atoms with E-state index in [-0.39, 0.29) is 4.90 Å². The third-order valence-corrected chi connectivity index (χ3v) is 2.63. The Labute approximate surface area is 93.6 Å². The van der Waals surface area contributed by atoms with E-state index in [9.17, 15) is 4.21 Å². The molecule has 1 atom stereocenters. The number of hydrogen-bond donors (Lipinski definition) is 2. The first-order valence-corrected chi connectivity index (χ1v) is 5.43. The standard InChI is InChI=1S/C8H9N5O2S/c1-13-11-8(10-12-13)6-4-5(16(14)15)2-3-7(6)9/h2-4H,9H2,1H3,(H,14,15). The van der Waals surface area contributed by atoms with Crippen molar-refractivity contribution in [3.05, 3.63) is 18.2 Å². The number of rotatable bonds is 2. The number of aromatic nitrogens is 4. The largest absolute Gasteiger partial charge is 0.398 e. The molecule has 3 N–H and O–H groups in total. The monoisotopic (exact) mass is 239 g/mol. The van der Waals surface area contributed by atoms with E-state index in [1.54, 1.807) is 7.05 Å². The number of aryl methyl sites for hydroxylation is 1. The minimum Gasteiger partial charge on any atom is -0.398 e. The van der Waals surface area contributed by atoms with Crippen molar-refractivity contribution in [3.63, 3.8) is 0 Å². The predicted octanol–water partition coefficient (Wildman–Crippen LogP) is 0.0399. The Hall–Kier alpha value is -1.80. The second-order valence-corrected chi connectivity index (χ2v) is 4.07. The smallest absolute Gasteiger partial charge is 0.207 e. The van der Waals surface area contributed by atoms with Crippen molar-refractivity contribution in [2.45, 2.75) is 4.90 Å². The van der Waals surface area contributed by atoms with Gasteiger partial charge in [0.15, 0.2) is 11.1 Å². The molecule has 0 bridgehead atoms. The molecule has 0 amide bonds. The topological polar surface area (TPSA) is 107 Å². The number of nitrogen functional groups attached to an aromatic ring is 1. The zero-order chi connectivity index (χ0) is 11.7. The molecule has 8 heteroatoms. The lowest BCUT2D eigenvalue weighted by Crippen LogP contribution is -1.96. The number of benzene rings is 1. The van der Waals surface area contributed by atoms with Gasteiger partial charge < -0.3 is 10.3 Å². The highest BCUT2D eigenvalue weighted by atomic mass is 32.2. The lowest BCUT2D eigenvalue weighted by molar-refractivity contribution is 0.564. The summed E-state index contributed by atoms with van der Waals surface area (Å²) in [5, 5.41) is 11.4. The average Bonchev–Trinajstić information content (AvgIpc) is 2.65. The highest BCUT2D eigenvalue weighted by Crippen LogP contribution is 2.24. The summed E-state index contributed by atoms with van der Waals surface area (Å²) in [5.74, 6) is 0.326. The summed E-state index contributed by atoms with van der Waals surface area (Å²) >= 11 is -2.05. The molecular formula is C8H9N5O2S. The second kappa shape index (κ2) is 3.99. The van der Waals surface area contributed by atoms with Crippen LogP contribution < -0.4 is 5.73 Å². The fourth-order valence-corrected chi connectivity index (χ4v) is 1.63. The molecule has 0 radical (unpaired) electrons. The maximum absolute atomic E-state index is 10.9. The second-order valence-electron chi connectivity index (χ2n) is 3.10. The molecule has 0 aliphatic carbocycles. The number of nitrogens with zero attached hydrogens (tertiary/aromatic N) is 4. The fourth-order valence-electron chi connectivity index (χ4n) is 1.23. The molecule has 1 unspecified atom stereocenters. The van der Waals surface area contributed by atoms with E-state index in [4.69, 9.17) is 10.3 Å². The molecular weight excluding hydrogens is 230 g/mol. The van der Waals surface area contributed by atoms with E-state index in [2.05, 4.69) is 15.4 Å². The van der Waals surface area contributed by atoms with Crippen molar-refractivity contribution in [3.8, 4) is 11.4 Å². The van der Waals surface area contributed by atoms with Crippen LogP contribution in [-0.2, 0) is 18.1 Å². The molecule has 7 nitrogen and oxygen atoms in total. The van der Waals surface area contributed by atoms with Gasteiger partial charge in [0.25, 0.3) is 0 Å². The summed E-state index contributed by atoms with van der Waals surface area (Å²) in [6.45, 7) is 0. The van der Waals surface area contributed by atoms with Crippen molar-refractivity contribution < 1.29 is 8.76 Å². The van der Waals surface area contributed by atoms with Crippen LogP contribution in [0, 0.1) is 0 Å². The highest BCUT2D eigenvalue weighted by molar-refractivity contribution is 7.79. The maximum atomic E-state index is 10.9.